The highest BCUT2D eigenvalue weighted by molar-refractivity contribution is 5.98. The number of amides is 2. The number of carbonyl (C=O) groups is 2. The molecule has 28 heavy (non-hydrogen) atoms. The van der Waals surface area contributed by atoms with Crippen LogP contribution in [-0.4, -0.2) is 17.9 Å². The molecule has 140 valence electrons. The minimum atomic E-state index is -0.877. The predicted octanol–water partition coefficient (Wildman–Crippen LogP) is 3.15. The third-order valence-corrected chi connectivity index (χ3v) is 5.11. The van der Waals surface area contributed by atoms with Crippen LogP contribution in [0.5, 0.6) is 0 Å². The van der Waals surface area contributed by atoms with Crippen LogP contribution in [0, 0.1) is 5.82 Å². The summed E-state index contributed by atoms with van der Waals surface area (Å²) in [6.45, 7) is 0. The number of nitrogens with two attached hydrogens (primary N) is 1. The van der Waals surface area contributed by atoms with E-state index in [1.807, 2.05) is 48.5 Å². The molecule has 4 rings (SSSR count). The molecule has 0 fully saturated rings. The summed E-state index contributed by atoms with van der Waals surface area (Å²) in [7, 11) is 0. The first-order valence-corrected chi connectivity index (χ1v) is 9.07. The van der Waals surface area contributed by atoms with Crippen LogP contribution in [0.25, 0.3) is 11.1 Å². The summed E-state index contributed by atoms with van der Waals surface area (Å²) >= 11 is 0. The molecule has 3 aromatic rings. The van der Waals surface area contributed by atoms with Crippen molar-refractivity contribution in [2.75, 3.05) is 0 Å². The smallest absolute Gasteiger partial charge is 0.240 e. The molecule has 0 spiro atoms. The number of rotatable bonds is 5. The Morgan fingerprint density at radius 3 is 1.96 bits per heavy atom. The van der Waals surface area contributed by atoms with Crippen molar-refractivity contribution >= 4 is 11.8 Å². The predicted molar refractivity (Wildman–Crippen MR) is 105 cm³/mol. The van der Waals surface area contributed by atoms with Crippen molar-refractivity contribution in [1.29, 1.82) is 0 Å². The van der Waals surface area contributed by atoms with Crippen molar-refractivity contribution in [3.8, 4) is 11.1 Å². The van der Waals surface area contributed by atoms with Gasteiger partial charge in [0.2, 0.25) is 11.8 Å². The van der Waals surface area contributed by atoms with Crippen molar-refractivity contribution in [2.24, 2.45) is 5.73 Å². The molecule has 1 atom stereocenters. The molecule has 0 aromatic heterocycles. The monoisotopic (exact) mass is 374 g/mol. The zero-order valence-electron chi connectivity index (χ0n) is 15.1. The average molecular weight is 374 g/mol. The van der Waals surface area contributed by atoms with Crippen molar-refractivity contribution in [3.63, 3.8) is 0 Å². The molecular weight excluding hydrogens is 355 g/mol. The first kappa shape index (κ1) is 17.9. The van der Waals surface area contributed by atoms with E-state index >= 15 is 0 Å². The molecule has 2 amide bonds. The molecule has 1 aliphatic carbocycles. The highest BCUT2D eigenvalue weighted by Crippen LogP contribution is 2.44. The Hall–Kier alpha value is -3.47. The molecule has 3 N–H and O–H groups in total. The van der Waals surface area contributed by atoms with Gasteiger partial charge in [0, 0.05) is 6.42 Å². The quantitative estimate of drug-likeness (QED) is 0.720. The molecule has 0 unspecified atom stereocenters. The molecule has 0 saturated heterocycles. The van der Waals surface area contributed by atoms with Gasteiger partial charge in [-0.05, 0) is 39.9 Å². The van der Waals surface area contributed by atoms with E-state index < -0.39 is 17.9 Å². The fraction of sp³-hybridized carbons (Fsp3) is 0.130. The Labute approximate surface area is 162 Å². The lowest BCUT2D eigenvalue weighted by Crippen LogP contribution is -2.47. The van der Waals surface area contributed by atoms with E-state index in [-0.39, 0.29) is 18.1 Å². The van der Waals surface area contributed by atoms with Crippen LogP contribution in [0.15, 0.2) is 72.8 Å². The number of nitrogens with one attached hydrogen (secondary N) is 1. The maximum absolute atomic E-state index is 13.2. The van der Waals surface area contributed by atoms with Crippen molar-refractivity contribution in [1.82, 2.24) is 5.32 Å². The molecule has 0 radical (unpaired) electrons. The number of benzene rings is 3. The van der Waals surface area contributed by atoms with Gasteiger partial charge in [0.05, 0.1) is 5.92 Å². The molecule has 0 aliphatic heterocycles. The van der Waals surface area contributed by atoms with E-state index in [2.05, 4.69) is 5.32 Å². The lowest BCUT2D eigenvalue weighted by molar-refractivity contribution is -0.127. The third kappa shape index (κ3) is 3.27. The van der Waals surface area contributed by atoms with Crippen LogP contribution >= 0.6 is 0 Å². The molecular formula is C23H19FN2O2. The average Bonchev–Trinajstić information content (AvgIpc) is 3.03. The summed E-state index contributed by atoms with van der Waals surface area (Å²) in [5.41, 5.74) is 10.1. The molecule has 0 heterocycles. The first-order valence-electron chi connectivity index (χ1n) is 9.07. The van der Waals surface area contributed by atoms with Crippen LogP contribution in [-0.2, 0) is 16.0 Å². The number of primary amides is 1. The number of hydrogen-bond donors (Lipinski definition) is 2. The van der Waals surface area contributed by atoms with Gasteiger partial charge in [-0.2, -0.15) is 0 Å². The Morgan fingerprint density at radius 1 is 0.893 bits per heavy atom. The molecule has 3 aromatic carbocycles. The van der Waals surface area contributed by atoms with E-state index in [4.69, 9.17) is 5.73 Å². The van der Waals surface area contributed by atoms with Gasteiger partial charge in [0.15, 0.2) is 0 Å². The van der Waals surface area contributed by atoms with Gasteiger partial charge in [-0.1, -0.05) is 60.7 Å². The number of halogens is 1. The molecule has 0 saturated carbocycles. The Morgan fingerprint density at radius 2 is 1.43 bits per heavy atom. The maximum Gasteiger partial charge on any atom is 0.240 e. The molecule has 1 aliphatic rings. The molecule has 5 heteroatoms. The summed E-state index contributed by atoms with van der Waals surface area (Å²) < 4.78 is 13.1. The van der Waals surface area contributed by atoms with Crippen molar-refractivity contribution < 1.29 is 14.0 Å². The standard InChI is InChI=1S/C23H19FN2O2/c24-15-11-9-14(10-12-15)13-20(22(25)27)26-23(28)21-18-7-3-1-5-16(18)17-6-2-4-8-19(17)21/h1-12,20-21H,13H2,(H2,25,27)(H,26,28)/t20-/m1/s1. The van der Waals surface area contributed by atoms with Crippen molar-refractivity contribution in [3.05, 3.63) is 95.3 Å². The van der Waals surface area contributed by atoms with E-state index in [0.29, 0.717) is 0 Å². The fourth-order valence-electron chi connectivity index (χ4n) is 3.77. The van der Waals surface area contributed by atoms with Crippen LogP contribution in [0.3, 0.4) is 0 Å². The minimum absolute atomic E-state index is 0.206. The van der Waals surface area contributed by atoms with Gasteiger partial charge in [-0.3, -0.25) is 9.59 Å². The minimum Gasteiger partial charge on any atom is -0.368 e. The summed E-state index contributed by atoms with van der Waals surface area (Å²) in [5.74, 6) is -1.76. The highest BCUT2D eigenvalue weighted by Gasteiger charge is 2.34. The highest BCUT2D eigenvalue weighted by atomic mass is 19.1. The summed E-state index contributed by atoms with van der Waals surface area (Å²) in [4.78, 5) is 25.1. The van der Waals surface area contributed by atoms with Crippen molar-refractivity contribution in [2.45, 2.75) is 18.4 Å². The summed E-state index contributed by atoms with van der Waals surface area (Å²) in [6.07, 6.45) is 0.206. The molecule has 0 bridgehead atoms. The van der Waals surface area contributed by atoms with Gasteiger partial charge in [0.25, 0.3) is 0 Å². The van der Waals surface area contributed by atoms with Crippen LogP contribution < -0.4 is 11.1 Å². The number of fused-ring (bicyclic) bond motifs is 3. The second-order valence-corrected chi connectivity index (χ2v) is 6.90. The Balaban J connectivity index is 1.61. The van der Waals surface area contributed by atoms with Crippen LogP contribution in [0.2, 0.25) is 0 Å². The van der Waals surface area contributed by atoms with E-state index in [9.17, 15) is 14.0 Å². The first-order chi connectivity index (χ1) is 13.5. The van der Waals surface area contributed by atoms with Crippen LogP contribution in [0.4, 0.5) is 4.39 Å². The lowest BCUT2D eigenvalue weighted by atomic mass is 9.95. The third-order valence-electron chi connectivity index (χ3n) is 5.11. The largest absolute Gasteiger partial charge is 0.368 e. The second-order valence-electron chi connectivity index (χ2n) is 6.90. The fourth-order valence-corrected chi connectivity index (χ4v) is 3.77. The van der Waals surface area contributed by atoms with Gasteiger partial charge in [0.1, 0.15) is 11.9 Å². The topological polar surface area (TPSA) is 72.2 Å². The van der Waals surface area contributed by atoms with Crippen LogP contribution in [0.1, 0.15) is 22.6 Å². The Kier molecular flexibility index (Phi) is 4.65. The van der Waals surface area contributed by atoms with Gasteiger partial charge < -0.3 is 11.1 Å². The van der Waals surface area contributed by atoms with Gasteiger partial charge >= 0.3 is 0 Å². The summed E-state index contributed by atoms with van der Waals surface area (Å²) in [6, 6.07) is 20.4. The number of carbonyl (C=O) groups excluding carboxylic acids is 2. The SMILES string of the molecule is NC(=O)[C@@H](Cc1ccc(F)cc1)NC(=O)C1c2ccccc2-c2ccccc21. The van der Waals surface area contributed by atoms with Gasteiger partial charge in [-0.15, -0.1) is 0 Å². The zero-order chi connectivity index (χ0) is 19.7. The zero-order valence-corrected chi connectivity index (χ0v) is 15.1. The van der Waals surface area contributed by atoms with E-state index in [1.165, 1.54) is 12.1 Å². The second kappa shape index (κ2) is 7.27. The van der Waals surface area contributed by atoms with E-state index in [1.54, 1.807) is 12.1 Å². The van der Waals surface area contributed by atoms with Gasteiger partial charge in [-0.25, -0.2) is 4.39 Å². The molecule has 4 nitrogen and oxygen atoms in total. The Bertz CT molecular complexity index is 1000. The summed E-state index contributed by atoms with van der Waals surface area (Å²) in [5, 5.41) is 2.80. The lowest BCUT2D eigenvalue weighted by Gasteiger charge is -2.20. The maximum atomic E-state index is 13.2. The van der Waals surface area contributed by atoms with E-state index in [0.717, 1.165) is 27.8 Å². The normalized spacial score (nSPS) is 13.5. The number of hydrogen-bond acceptors (Lipinski definition) is 2.